The summed E-state index contributed by atoms with van der Waals surface area (Å²) in [6, 6.07) is 0. The molecule has 0 spiro atoms. The summed E-state index contributed by atoms with van der Waals surface area (Å²) in [6.07, 6.45) is 3.21. The fourth-order valence-corrected chi connectivity index (χ4v) is 2.71. The number of aliphatic hydroxyl groups excluding tert-OH is 1. The third kappa shape index (κ3) is 0.853. The average molecular weight is 154 g/mol. The molecule has 0 bridgehead atoms. The lowest BCUT2D eigenvalue weighted by Crippen LogP contribution is -2.27. The third-order valence-electron chi connectivity index (χ3n) is 3.44. The summed E-state index contributed by atoms with van der Waals surface area (Å²) in [5.74, 6) is 0.264. The first-order valence-corrected chi connectivity index (χ1v) is 4.34. The Balaban J connectivity index is 2.30. The lowest BCUT2D eigenvalue weighted by atomic mass is 9.82. The van der Waals surface area contributed by atoms with E-state index < -0.39 is 0 Å². The van der Waals surface area contributed by atoms with Crippen molar-refractivity contribution in [2.75, 3.05) is 0 Å². The Morgan fingerprint density at radius 3 is 2.91 bits per heavy atom. The van der Waals surface area contributed by atoms with Gasteiger partial charge in [-0.05, 0) is 24.7 Å². The Morgan fingerprint density at radius 1 is 1.55 bits per heavy atom. The highest BCUT2D eigenvalue weighted by atomic mass is 16.3. The van der Waals surface area contributed by atoms with Crippen LogP contribution in [0.3, 0.4) is 0 Å². The van der Waals surface area contributed by atoms with Gasteiger partial charge in [-0.2, -0.15) is 0 Å². The van der Waals surface area contributed by atoms with Crippen LogP contribution in [0.4, 0.5) is 0 Å². The van der Waals surface area contributed by atoms with Gasteiger partial charge in [-0.3, -0.25) is 4.79 Å². The first kappa shape index (κ1) is 7.29. The van der Waals surface area contributed by atoms with E-state index in [4.69, 9.17) is 0 Å². The summed E-state index contributed by atoms with van der Waals surface area (Å²) in [4.78, 5) is 11.3. The molecule has 3 atom stereocenters. The number of fused-ring (bicyclic) bond motifs is 1. The second-order valence-corrected chi connectivity index (χ2v) is 4.20. The fraction of sp³-hybridized carbons (Fsp3) is 0.889. The number of ketones is 1. The van der Waals surface area contributed by atoms with Crippen LogP contribution in [0.25, 0.3) is 0 Å². The van der Waals surface area contributed by atoms with E-state index in [0.717, 1.165) is 19.3 Å². The zero-order valence-electron chi connectivity index (χ0n) is 6.84. The number of rotatable bonds is 0. The molecule has 62 valence electrons. The van der Waals surface area contributed by atoms with Crippen LogP contribution in [0.15, 0.2) is 0 Å². The van der Waals surface area contributed by atoms with Crippen molar-refractivity contribution in [2.24, 2.45) is 11.3 Å². The van der Waals surface area contributed by atoms with Gasteiger partial charge in [0.2, 0.25) is 0 Å². The molecule has 0 unspecified atom stereocenters. The maximum Gasteiger partial charge on any atom is 0.139 e. The summed E-state index contributed by atoms with van der Waals surface area (Å²) >= 11 is 0. The summed E-state index contributed by atoms with van der Waals surface area (Å²) in [5, 5.41) is 9.51. The van der Waals surface area contributed by atoms with Crippen molar-refractivity contribution in [1.82, 2.24) is 0 Å². The minimum absolute atomic E-state index is 0.0255. The highest BCUT2D eigenvalue weighted by Gasteiger charge is 2.52. The molecule has 2 rings (SSSR count). The molecule has 0 aromatic rings. The zero-order valence-corrected chi connectivity index (χ0v) is 6.84. The molecular weight excluding hydrogens is 140 g/mol. The number of hydrogen-bond acceptors (Lipinski definition) is 2. The lowest BCUT2D eigenvalue weighted by molar-refractivity contribution is -0.124. The third-order valence-corrected chi connectivity index (χ3v) is 3.44. The van der Waals surface area contributed by atoms with Crippen molar-refractivity contribution in [3.8, 4) is 0 Å². The van der Waals surface area contributed by atoms with Crippen molar-refractivity contribution < 1.29 is 9.90 Å². The summed E-state index contributed by atoms with van der Waals surface area (Å²) in [7, 11) is 0. The Labute approximate surface area is 66.6 Å². The maximum absolute atomic E-state index is 11.3. The minimum Gasteiger partial charge on any atom is -0.392 e. The molecule has 0 radical (unpaired) electrons. The van der Waals surface area contributed by atoms with Crippen molar-refractivity contribution in [2.45, 2.75) is 38.7 Å². The molecule has 2 fully saturated rings. The number of carbonyl (C=O) groups excluding carboxylic acids is 1. The van der Waals surface area contributed by atoms with Crippen LogP contribution in [-0.2, 0) is 4.79 Å². The van der Waals surface area contributed by atoms with Crippen LogP contribution in [0, 0.1) is 11.3 Å². The highest BCUT2D eigenvalue weighted by Crippen LogP contribution is 2.51. The van der Waals surface area contributed by atoms with Crippen LogP contribution in [0.1, 0.15) is 32.6 Å². The topological polar surface area (TPSA) is 37.3 Å². The van der Waals surface area contributed by atoms with Crippen molar-refractivity contribution in [3.63, 3.8) is 0 Å². The smallest absolute Gasteiger partial charge is 0.139 e. The second-order valence-electron chi connectivity index (χ2n) is 4.20. The summed E-state index contributed by atoms with van der Waals surface area (Å²) in [6.45, 7) is 2.14. The van der Waals surface area contributed by atoms with Gasteiger partial charge < -0.3 is 5.11 Å². The molecule has 2 heteroatoms. The van der Waals surface area contributed by atoms with Gasteiger partial charge in [-0.15, -0.1) is 0 Å². The SMILES string of the molecule is C[C@]12CCC(=O)[C@H]1[C@@H](O)CC2. The van der Waals surface area contributed by atoms with E-state index in [0.29, 0.717) is 6.42 Å². The zero-order chi connectivity index (χ0) is 8.06. The number of hydrogen-bond donors (Lipinski definition) is 1. The van der Waals surface area contributed by atoms with Crippen molar-refractivity contribution >= 4 is 5.78 Å². The molecule has 0 heterocycles. The van der Waals surface area contributed by atoms with Gasteiger partial charge >= 0.3 is 0 Å². The van der Waals surface area contributed by atoms with Crippen LogP contribution in [0.2, 0.25) is 0 Å². The predicted octanol–water partition coefficient (Wildman–Crippen LogP) is 1.13. The van der Waals surface area contributed by atoms with Crippen LogP contribution < -0.4 is 0 Å². The van der Waals surface area contributed by atoms with Crippen LogP contribution in [-0.4, -0.2) is 17.0 Å². The van der Waals surface area contributed by atoms with E-state index in [1.165, 1.54) is 0 Å². The van der Waals surface area contributed by atoms with Crippen molar-refractivity contribution in [3.05, 3.63) is 0 Å². The summed E-state index contributed by atoms with van der Waals surface area (Å²) in [5.41, 5.74) is 0.149. The quantitative estimate of drug-likeness (QED) is 0.568. The number of Topliss-reactive ketones (excluding diaryl/α,β-unsaturated/α-hetero) is 1. The van der Waals surface area contributed by atoms with Gasteiger partial charge in [0.25, 0.3) is 0 Å². The normalized spacial score (nSPS) is 49.8. The van der Waals surface area contributed by atoms with Gasteiger partial charge in [0.05, 0.1) is 6.10 Å². The monoisotopic (exact) mass is 154 g/mol. The minimum atomic E-state index is -0.338. The van der Waals surface area contributed by atoms with Gasteiger partial charge in [0.15, 0.2) is 0 Å². The molecule has 0 amide bonds. The van der Waals surface area contributed by atoms with E-state index in [-0.39, 0.29) is 23.2 Å². The van der Waals surface area contributed by atoms with E-state index >= 15 is 0 Å². The van der Waals surface area contributed by atoms with E-state index in [2.05, 4.69) is 6.92 Å². The molecule has 0 aromatic heterocycles. The molecule has 2 aliphatic carbocycles. The first-order valence-electron chi connectivity index (χ1n) is 4.34. The Kier molecular flexibility index (Phi) is 1.37. The van der Waals surface area contributed by atoms with Crippen LogP contribution >= 0.6 is 0 Å². The predicted molar refractivity (Wildman–Crippen MR) is 41.1 cm³/mol. The van der Waals surface area contributed by atoms with Gasteiger partial charge in [-0.1, -0.05) is 6.92 Å². The number of carbonyl (C=O) groups is 1. The average Bonchev–Trinajstić information content (AvgIpc) is 2.38. The molecule has 0 saturated heterocycles. The molecule has 0 aliphatic heterocycles. The first-order chi connectivity index (χ1) is 5.13. The second kappa shape index (κ2) is 2.07. The largest absolute Gasteiger partial charge is 0.392 e. The van der Waals surface area contributed by atoms with Crippen LogP contribution in [0.5, 0.6) is 0 Å². The molecule has 0 aromatic carbocycles. The van der Waals surface area contributed by atoms with E-state index in [9.17, 15) is 9.90 Å². The van der Waals surface area contributed by atoms with E-state index in [1.807, 2.05) is 0 Å². The van der Waals surface area contributed by atoms with Crippen molar-refractivity contribution in [1.29, 1.82) is 0 Å². The standard InChI is InChI=1S/C9H14O2/c1-9-4-2-6(10)8(9)7(11)3-5-9/h6,8,10H,2-5H2,1H3/t6-,8+,9-/m0/s1. The molecule has 11 heavy (non-hydrogen) atoms. The molecule has 2 saturated carbocycles. The lowest BCUT2D eigenvalue weighted by Gasteiger charge is -2.22. The van der Waals surface area contributed by atoms with Gasteiger partial charge in [0.1, 0.15) is 5.78 Å². The maximum atomic E-state index is 11.3. The Bertz CT molecular complexity index is 200. The summed E-state index contributed by atoms with van der Waals surface area (Å²) < 4.78 is 0. The van der Waals surface area contributed by atoms with Gasteiger partial charge in [0, 0.05) is 12.3 Å². The highest BCUT2D eigenvalue weighted by molar-refractivity contribution is 5.85. The fourth-order valence-electron chi connectivity index (χ4n) is 2.71. The Hall–Kier alpha value is -0.370. The number of aliphatic hydroxyl groups is 1. The molecule has 1 N–H and O–H groups in total. The van der Waals surface area contributed by atoms with Gasteiger partial charge in [-0.25, -0.2) is 0 Å². The molecule has 2 aliphatic rings. The van der Waals surface area contributed by atoms with E-state index in [1.54, 1.807) is 0 Å². The molecular formula is C9H14O2. The molecule has 2 nitrogen and oxygen atoms in total. The Morgan fingerprint density at radius 2 is 2.27 bits per heavy atom.